The number of piperazine rings is 1. The van der Waals surface area contributed by atoms with Gasteiger partial charge in [0.2, 0.25) is 0 Å². The summed E-state index contributed by atoms with van der Waals surface area (Å²) in [7, 11) is 9.80. The highest BCUT2D eigenvalue weighted by Gasteiger charge is 2.25. The van der Waals surface area contributed by atoms with Crippen LogP contribution in [-0.4, -0.2) is 67.0 Å². The zero-order chi connectivity index (χ0) is 28.6. The smallest absolute Gasteiger partial charge is 0.253 e. The molecular weight excluding hydrogens is 495 g/mol. The van der Waals surface area contributed by atoms with Crippen LogP contribution in [0.15, 0.2) is 41.3 Å². The van der Waals surface area contributed by atoms with Crippen molar-refractivity contribution >= 4 is 7.98 Å². The van der Waals surface area contributed by atoms with Crippen molar-refractivity contribution in [3.63, 3.8) is 0 Å². The van der Waals surface area contributed by atoms with E-state index >= 15 is 0 Å². The van der Waals surface area contributed by atoms with Crippen LogP contribution in [-0.2, 0) is 33.0 Å². The lowest BCUT2D eigenvalue weighted by atomic mass is 9.88. The summed E-state index contributed by atoms with van der Waals surface area (Å²) in [4.78, 5) is 19.5. The molecule has 40 heavy (non-hydrogen) atoms. The number of aryl methyl sites for hydroxylation is 2. The van der Waals surface area contributed by atoms with Crippen LogP contribution < -0.4 is 10.3 Å². The number of hydrogen-bond acceptors (Lipinski definition) is 5. The van der Waals surface area contributed by atoms with Crippen LogP contribution in [0.2, 0.25) is 0 Å². The lowest BCUT2D eigenvalue weighted by molar-refractivity contribution is 0.120. The Balaban J connectivity index is 1.30. The van der Waals surface area contributed by atoms with Crippen LogP contribution in [0.4, 0.5) is 0 Å². The number of fused-ring (bicyclic) bond motifs is 1. The van der Waals surface area contributed by atoms with Gasteiger partial charge in [0.1, 0.15) is 5.75 Å². The molecule has 2 aliphatic heterocycles. The molecule has 0 aliphatic carbocycles. The molecular formula is C33H43BN4O2. The molecule has 2 aliphatic rings. The first-order valence-electron chi connectivity index (χ1n) is 14.7. The minimum Gasteiger partial charge on any atom is -0.496 e. The summed E-state index contributed by atoms with van der Waals surface area (Å²) >= 11 is 0. The van der Waals surface area contributed by atoms with Gasteiger partial charge in [-0.15, -0.1) is 0 Å². The number of benzene rings is 2. The van der Waals surface area contributed by atoms with E-state index in [1.165, 1.54) is 27.8 Å². The van der Waals surface area contributed by atoms with Gasteiger partial charge in [0, 0.05) is 75.2 Å². The first-order valence-corrected chi connectivity index (χ1v) is 14.7. The standard InChI is InChI=1S/C33H43BN4O2/c1-7-25-17-27(30-20-35(5)33(39)23(3)22(30)2)18-32(40-6)31(25)21-37-15-13-36(14-16-37)19-26-9-8-10-28-24(4)38(34)12-11-29(26)28/h8-10,17-18,20,24H,7,11-16,19,21H2,1-6H3. The van der Waals surface area contributed by atoms with E-state index in [1.807, 2.05) is 31.9 Å². The second-order valence-electron chi connectivity index (χ2n) is 11.6. The monoisotopic (exact) mass is 538 g/mol. The molecule has 1 fully saturated rings. The summed E-state index contributed by atoms with van der Waals surface area (Å²) in [6.07, 6.45) is 3.91. The van der Waals surface area contributed by atoms with Gasteiger partial charge >= 0.3 is 0 Å². The summed E-state index contributed by atoms with van der Waals surface area (Å²) in [5.41, 5.74) is 11.0. The Morgan fingerprint density at radius 3 is 2.35 bits per heavy atom. The minimum absolute atomic E-state index is 0.0589. The lowest BCUT2D eigenvalue weighted by Gasteiger charge is -2.37. The van der Waals surface area contributed by atoms with Crippen LogP contribution in [0.5, 0.6) is 5.75 Å². The van der Waals surface area contributed by atoms with Crippen molar-refractivity contribution in [2.75, 3.05) is 39.8 Å². The highest BCUT2D eigenvalue weighted by Crippen LogP contribution is 2.34. The molecule has 7 heteroatoms. The maximum atomic E-state index is 12.4. The third-order valence-corrected chi connectivity index (χ3v) is 9.26. The predicted octanol–water partition coefficient (Wildman–Crippen LogP) is 4.56. The number of rotatable bonds is 7. The fourth-order valence-electron chi connectivity index (χ4n) is 6.48. The third-order valence-electron chi connectivity index (χ3n) is 9.26. The van der Waals surface area contributed by atoms with E-state index in [0.29, 0.717) is 0 Å². The highest BCUT2D eigenvalue weighted by molar-refractivity contribution is 6.04. The van der Waals surface area contributed by atoms with Gasteiger partial charge in [-0.1, -0.05) is 31.2 Å². The van der Waals surface area contributed by atoms with E-state index in [2.05, 4.69) is 54.0 Å². The van der Waals surface area contributed by atoms with Crippen LogP contribution in [0.3, 0.4) is 0 Å². The molecule has 0 spiro atoms. The van der Waals surface area contributed by atoms with Gasteiger partial charge in [0.25, 0.3) is 5.56 Å². The van der Waals surface area contributed by atoms with Crippen molar-refractivity contribution in [3.05, 3.63) is 85.8 Å². The maximum absolute atomic E-state index is 12.4. The Labute approximate surface area is 241 Å². The van der Waals surface area contributed by atoms with Gasteiger partial charge < -0.3 is 14.1 Å². The molecule has 3 aromatic rings. The van der Waals surface area contributed by atoms with Crippen molar-refractivity contribution < 1.29 is 4.74 Å². The van der Waals surface area contributed by atoms with Gasteiger partial charge in [0.15, 0.2) is 7.98 Å². The second kappa shape index (κ2) is 11.9. The van der Waals surface area contributed by atoms with Gasteiger partial charge in [-0.3, -0.25) is 14.6 Å². The Morgan fingerprint density at radius 1 is 0.975 bits per heavy atom. The fraction of sp³-hybridized carbons (Fsp3) is 0.485. The van der Waals surface area contributed by atoms with E-state index < -0.39 is 0 Å². The number of nitrogens with zero attached hydrogens (tertiary/aromatic N) is 4. The van der Waals surface area contributed by atoms with Crippen LogP contribution in [0, 0.1) is 13.8 Å². The van der Waals surface area contributed by atoms with E-state index in [0.717, 1.165) is 86.7 Å². The molecule has 5 rings (SSSR count). The number of methoxy groups -OCH3 is 1. The number of aromatic nitrogens is 1. The van der Waals surface area contributed by atoms with Crippen molar-refractivity contribution in [2.45, 2.75) is 59.7 Å². The SMILES string of the molecule is [B]N1CCc2c(CN3CCN(Cc4c(CC)cc(-c5cn(C)c(=O)c(C)c5C)cc4OC)CC3)cccc2C1C. The summed E-state index contributed by atoms with van der Waals surface area (Å²) in [5.74, 6) is 0.932. The van der Waals surface area contributed by atoms with Crippen molar-refractivity contribution in [2.24, 2.45) is 7.05 Å². The average Bonchev–Trinajstić information content (AvgIpc) is 2.97. The zero-order valence-electron chi connectivity index (χ0n) is 25.1. The van der Waals surface area contributed by atoms with Crippen molar-refractivity contribution in [1.29, 1.82) is 0 Å². The highest BCUT2D eigenvalue weighted by atomic mass is 16.5. The molecule has 1 atom stereocenters. The van der Waals surface area contributed by atoms with E-state index in [1.54, 1.807) is 11.7 Å². The van der Waals surface area contributed by atoms with Gasteiger partial charge in [-0.2, -0.15) is 0 Å². The molecule has 1 aromatic heterocycles. The Hall–Kier alpha value is -2.87. The molecule has 3 heterocycles. The Morgan fingerprint density at radius 2 is 1.68 bits per heavy atom. The van der Waals surface area contributed by atoms with Crippen molar-refractivity contribution in [3.8, 4) is 16.9 Å². The van der Waals surface area contributed by atoms with E-state index in [9.17, 15) is 4.79 Å². The molecule has 210 valence electrons. The maximum Gasteiger partial charge on any atom is 0.253 e. The summed E-state index contributed by atoms with van der Waals surface area (Å²) in [6, 6.07) is 11.5. The summed E-state index contributed by atoms with van der Waals surface area (Å²) in [6.45, 7) is 15.4. The minimum atomic E-state index is 0.0589. The quantitative estimate of drug-likeness (QED) is 0.413. The Bertz CT molecular complexity index is 1420. The van der Waals surface area contributed by atoms with Crippen molar-refractivity contribution in [1.82, 2.24) is 19.2 Å². The molecule has 1 saturated heterocycles. The number of ether oxygens (including phenoxy) is 1. The molecule has 0 bridgehead atoms. The van der Waals surface area contributed by atoms with E-state index in [4.69, 9.17) is 12.7 Å². The summed E-state index contributed by atoms with van der Waals surface area (Å²) in [5, 5.41) is 0. The predicted molar refractivity (Wildman–Crippen MR) is 164 cm³/mol. The molecule has 0 N–H and O–H groups in total. The second-order valence-corrected chi connectivity index (χ2v) is 11.6. The first-order chi connectivity index (χ1) is 19.2. The molecule has 2 aromatic carbocycles. The average molecular weight is 539 g/mol. The largest absolute Gasteiger partial charge is 0.496 e. The van der Waals surface area contributed by atoms with E-state index in [-0.39, 0.29) is 11.6 Å². The zero-order valence-corrected chi connectivity index (χ0v) is 25.1. The fourth-order valence-corrected chi connectivity index (χ4v) is 6.48. The summed E-state index contributed by atoms with van der Waals surface area (Å²) < 4.78 is 7.65. The van der Waals surface area contributed by atoms with Gasteiger partial charge in [-0.25, -0.2) is 0 Å². The topological polar surface area (TPSA) is 41.0 Å². The van der Waals surface area contributed by atoms with Crippen LogP contribution in [0.1, 0.15) is 58.8 Å². The molecule has 1 unspecified atom stereocenters. The molecule has 6 nitrogen and oxygen atoms in total. The Kier molecular flexibility index (Phi) is 8.55. The normalized spacial score (nSPS) is 18.6. The van der Waals surface area contributed by atoms with Gasteiger partial charge in [0.05, 0.1) is 7.11 Å². The molecule has 2 radical (unpaired) electrons. The van der Waals surface area contributed by atoms with Gasteiger partial charge in [-0.05, 0) is 79.6 Å². The molecule has 0 saturated carbocycles. The third kappa shape index (κ3) is 5.52. The molecule has 0 amide bonds. The number of pyridine rings is 1. The van der Waals surface area contributed by atoms with Crippen LogP contribution >= 0.6 is 0 Å². The van der Waals surface area contributed by atoms with Crippen LogP contribution in [0.25, 0.3) is 11.1 Å². The lowest BCUT2D eigenvalue weighted by Crippen LogP contribution is -2.45. The first kappa shape index (κ1) is 28.7. The number of hydrogen-bond donors (Lipinski definition) is 0.